The Morgan fingerprint density at radius 3 is 2.18 bits per heavy atom. The smallest absolute Gasteiger partial charge is 0.318 e. The van der Waals surface area contributed by atoms with Crippen molar-refractivity contribution in [1.82, 2.24) is 0 Å². The van der Waals surface area contributed by atoms with Crippen LogP contribution < -0.4 is 15.6 Å². The van der Waals surface area contributed by atoms with Crippen molar-refractivity contribution in [3.63, 3.8) is 0 Å². The molecule has 0 saturated carbocycles. The molecule has 1 heterocycles. The molecule has 2 aromatic carbocycles. The SMILES string of the molecule is O=C([O-])c1ccccc1-c1c2cc([N+](=O)[O-])c(=O)c(Br)c-2oc2c(Br)c([O-])c([N+](=O)[O-])cc12. The maximum atomic E-state index is 12.5. The fourth-order valence-electron chi connectivity index (χ4n) is 3.46. The van der Waals surface area contributed by atoms with E-state index in [4.69, 9.17) is 4.42 Å². The number of benzene rings is 3. The number of hydrogen-bond acceptors (Lipinski definition) is 9. The van der Waals surface area contributed by atoms with E-state index >= 15 is 0 Å². The maximum Gasteiger partial charge on any atom is 0.318 e. The van der Waals surface area contributed by atoms with E-state index in [0.717, 1.165) is 12.1 Å². The summed E-state index contributed by atoms with van der Waals surface area (Å²) < 4.78 is 5.00. The standard InChI is InChI=1S/C20H8Br2N2O9/c21-14-16(25)11(23(29)30)5-9-13(7-3-1-2-4-8(7)20(27)28)10-6-12(24(31)32)17(26)15(22)19(10)33-18(9)14/h1-6,25H,(H,27,28)/p-2. The number of carbonyl (C=O) groups excluding carboxylic acids is 1. The highest BCUT2D eigenvalue weighted by atomic mass is 79.9. The molecule has 0 unspecified atom stereocenters. The Balaban J connectivity index is 2.37. The van der Waals surface area contributed by atoms with E-state index in [2.05, 4.69) is 31.9 Å². The van der Waals surface area contributed by atoms with E-state index < -0.39 is 38.4 Å². The van der Waals surface area contributed by atoms with Gasteiger partial charge in [0.05, 0.1) is 20.3 Å². The number of carboxylic acid groups (broad SMARTS) is 1. The molecule has 1 aliphatic heterocycles. The number of carboxylic acids is 1. The number of nitrogens with zero attached hydrogens (tertiary/aromatic N) is 2. The van der Waals surface area contributed by atoms with Crippen LogP contribution in [0, 0.1) is 20.2 Å². The minimum Gasteiger partial charge on any atom is -0.867 e. The quantitative estimate of drug-likeness (QED) is 0.199. The van der Waals surface area contributed by atoms with E-state index in [-0.39, 0.29) is 47.9 Å². The Bertz CT molecular complexity index is 1560. The Kier molecular flexibility index (Phi) is 5.38. The van der Waals surface area contributed by atoms with Crippen molar-refractivity contribution < 1.29 is 29.3 Å². The molecule has 2 aromatic rings. The highest BCUT2D eigenvalue weighted by molar-refractivity contribution is 9.11. The van der Waals surface area contributed by atoms with Crippen molar-refractivity contribution >= 4 is 60.2 Å². The summed E-state index contributed by atoms with van der Waals surface area (Å²) in [5.74, 6) is -2.83. The highest BCUT2D eigenvalue weighted by Gasteiger charge is 2.30. The van der Waals surface area contributed by atoms with Crippen molar-refractivity contribution in [2.45, 2.75) is 0 Å². The van der Waals surface area contributed by atoms with Crippen molar-refractivity contribution in [2.24, 2.45) is 0 Å². The van der Waals surface area contributed by atoms with Crippen LogP contribution in [0.1, 0.15) is 10.4 Å². The number of halogens is 2. The van der Waals surface area contributed by atoms with Crippen LogP contribution in [0.15, 0.2) is 54.6 Å². The van der Waals surface area contributed by atoms with Gasteiger partial charge in [-0.2, -0.15) is 0 Å². The minimum absolute atomic E-state index is 0.0250. The summed E-state index contributed by atoms with van der Waals surface area (Å²) in [7, 11) is 0. The molecule has 2 aliphatic rings. The monoisotopic (exact) mass is 576 g/mol. The van der Waals surface area contributed by atoms with E-state index in [1.165, 1.54) is 24.3 Å². The number of aromatic carboxylic acids is 1. The van der Waals surface area contributed by atoms with Gasteiger partial charge in [0, 0.05) is 34.2 Å². The Morgan fingerprint density at radius 2 is 1.58 bits per heavy atom. The second kappa shape index (κ2) is 7.94. The molecule has 4 rings (SSSR count). The number of nitro groups is 2. The molecule has 0 atom stereocenters. The van der Waals surface area contributed by atoms with Gasteiger partial charge < -0.3 is 19.4 Å². The van der Waals surface area contributed by atoms with Gasteiger partial charge in [-0.05, 0) is 43.2 Å². The predicted molar refractivity (Wildman–Crippen MR) is 117 cm³/mol. The zero-order chi connectivity index (χ0) is 24.2. The molecule has 166 valence electrons. The van der Waals surface area contributed by atoms with Gasteiger partial charge >= 0.3 is 5.69 Å². The van der Waals surface area contributed by atoms with Gasteiger partial charge in [0.15, 0.2) is 5.76 Å². The summed E-state index contributed by atoms with van der Waals surface area (Å²) >= 11 is 5.96. The van der Waals surface area contributed by atoms with Gasteiger partial charge in [0.1, 0.15) is 10.1 Å². The molecule has 0 spiro atoms. The second-order valence-corrected chi connectivity index (χ2v) is 8.24. The number of fused-ring (bicyclic) bond motifs is 2. The first kappa shape index (κ1) is 22.4. The molecule has 0 N–H and O–H groups in total. The zero-order valence-electron chi connectivity index (χ0n) is 15.8. The molecule has 11 nitrogen and oxygen atoms in total. The summed E-state index contributed by atoms with van der Waals surface area (Å²) in [6, 6.07) is 7.22. The average molecular weight is 578 g/mol. The Hall–Kier alpha value is -3.84. The second-order valence-electron chi connectivity index (χ2n) is 6.66. The van der Waals surface area contributed by atoms with Gasteiger partial charge in [0.2, 0.25) is 0 Å². The molecule has 13 heteroatoms. The lowest BCUT2D eigenvalue weighted by Gasteiger charge is -2.21. The molecule has 1 aliphatic carbocycles. The molecular formula is C20H6Br2N2O9-2. The van der Waals surface area contributed by atoms with Crippen LogP contribution in [-0.4, -0.2) is 15.8 Å². The molecule has 0 aromatic heterocycles. The lowest BCUT2D eigenvalue weighted by molar-refractivity contribution is -0.398. The van der Waals surface area contributed by atoms with E-state index in [1.807, 2.05) is 0 Å². The summed E-state index contributed by atoms with van der Waals surface area (Å²) in [5, 5.41) is 47.1. The fourth-order valence-corrected chi connectivity index (χ4v) is 4.46. The van der Waals surface area contributed by atoms with Crippen molar-refractivity contribution in [3.05, 3.63) is 81.4 Å². The third-order valence-electron chi connectivity index (χ3n) is 4.87. The Morgan fingerprint density at radius 1 is 0.939 bits per heavy atom. The van der Waals surface area contributed by atoms with Gasteiger partial charge in [-0.1, -0.05) is 24.3 Å². The first-order valence-electron chi connectivity index (χ1n) is 8.76. The highest BCUT2D eigenvalue weighted by Crippen LogP contribution is 2.49. The van der Waals surface area contributed by atoms with Crippen LogP contribution in [0.4, 0.5) is 11.4 Å². The van der Waals surface area contributed by atoms with E-state index in [0.29, 0.717) is 0 Å². The molecule has 0 bridgehead atoms. The van der Waals surface area contributed by atoms with Gasteiger partial charge in [-0.3, -0.25) is 25.0 Å². The van der Waals surface area contributed by atoms with Crippen molar-refractivity contribution in [1.29, 1.82) is 0 Å². The van der Waals surface area contributed by atoms with Crippen LogP contribution in [0.25, 0.3) is 33.4 Å². The minimum atomic E-state index is -1.59. The number of hydrogen-bond donors (Lipinski definition) is 0. The van der Waals surface area contributed by atoms with E-state index in [9.17, 15) is 40.0 Å². The number of nitro benzene ring substituents is 2. The van der Waals surface area contributed by atoms with Crippen molar-refractivity contribution in [2.75, 3.05) is 0 Å². The summed E-state index contributed by atoms with van der Waals surface area (Å²) in [5.41, 5.74) is -3.42. The molecule has 33 heavy (non-hydrogen) atoms. The van der Waals surface area contributed by atoms with Crippen LogP contribution in [-0.2, 0) is 0 Å². The maximum absolute atomic E-state index is 12.5. The molecule has 0 radical (unpaired) electrons. The Labute approximate surface area is 198 Å². The summed E-state index contributed by atoms with van der Waals surface area (Å²) in [6.45, 7) is 0. The lowest BCUT2D eigenvalue weighted by Crippen LogP contribution is -2.23. The van der Waals surface area contributed by atoms with Gasteiger partial charge in [0.25, 0.3) is 11.1 Å². The third-order valence-corrected chi connectivity index (χ3v) is 6.31. The van der Waals surface area contributed by atoms with Crippen LogP contribution in [0.5, 0.6) is 5.75 Å². The lowest BCUT2D eigenvalue weighted by atomic mass is 9.90. The van der Waals surface area contributed by atoms with Crippen LogP contribution >= 0.6 is 31.9 Å². The average Bonchev–Trinajstić information content (AvgIpc) is 2.77. The predicted octanol–water partition coefficient (Wildman–Crippen LogP) is 3.34. The molecule has 0 fully saturated rings. The summed E-state index contributed by atoms with van der Waals surface area (Å²) in [6.07, 6.45) is 0. The van der Waals surface area contributed by atoms with Gasteiger partial charge in [-0.15, -0.1) is 0 Å². The summed E-state index contributed by atoms with van der Waals surface area (Å²) in [4.78, 5) is 45.3. The fraction of sp³-hybridized carbons (Fsp3) is 0. The van der Waals surface area contributed by atoms with Crippen molar-refractivity contribution in [3.8, 4) is 28.2 Å². The zero-order valence-corrected chi connectivity index (χ0v) is 19.0. The number of rotatable bonds is 4. The number of carbonyl (C=O) groups is 1. The first-order valence-corrected chi connectivity index (χ1v) is 10.3. The molecule has 0 amide bonds. The topological polar surface area (TPSA) is 180 Å². The third kappa shape index (κ3) is 3.41. The molecular weight excluding hydrogens is 572 g/mol. The number of non-ortho nitro benzene ring substituents is 1. The first-order chi connectivity index (χ1) is 15.5. The van der Waals surface area contributed by atoms with Gasteiger partial charge in [-0.25, -0.2) is 0 Å². The van der Waals surface area contributed by atoms with Crippen LogP contribution in [0.2, 0.25) is 0 Å². The van der Waals surface area contributed by atoms with Crippen LogP contribution in [0.3, 0.4) is 0 Å². The normalized spacial score (nSPS) is 11.1. The largest absolute Gasteiger partial charge is 0.867 e. The molecule has 0 saturated heterocycles. The van der Waals surface area contributed by atoms with E-state index in [1.54, 1.807) is 0 Å².